The van der Waals surface area contributed by atoms with Crippen LogP contribution in [0.5, 0.6) is 0 Å². The van der Waals surface area contributed by atoms with Gasteiger partial charge in [0.05, 0.1) is 6.54 Å². The lowest BCUT2D eigenvalue weighted by Crippen LogP contribution is -2.26. The first-order valence-electron chi connectivity index (χ1n) is 4.77. The van der Waals surface area contributed by atoms with Crippen LogP contribution >= 0.6 is 0 Å². The van der Waals surface area contributed by atoms with Crippen LogP contribution in [-0.4, -0.2) is 48.5 Å². The Kier molecular flexibility index (Phi) is 3.53. The van der Waals surface area contributed by atoms with E-state index < -0.39 is 0 Å². The Hall–Kier alpha value is -0.570. The Bertz CT molecular complexity index is 165. The third-order valence-corrected chi connectivity index (χ3v) is 1.98. The summed E-state index contributed by atoms with van der Waals surface area (Å²) >= 11 is 0. The average molecular weight is 169 g/mol. The van der Waals surface area contributed by atoms with Crippen molar-refractivity contribution < 1.29 is 4.68 Å². The quantitative estimate of drug-likeness (QED) is 0.545. The molecular formula is C9H19N3. The molecule has 1 aliphatic rings. The molecule has 0 spiro atoms. The summed E-state index contributed by atoms with van der Waals surface area (Å²) in [5, 5.41) is 0. The van der Waals surface area contributed by atoms with E-state index in [1.54, 1.807) is 0 Å². The van der Waals surface area contributed by atoms with E-state index in [1.807, 2.05) is 0 Å². The Morgan fingerprint density at radius 1 is 1.50 bits per heavy atom. The maximum absolute atomic E-state index is 4.28. The first-order chi connectivity index (χ1) is 5.77. The van der Waals surface area contributed by atoms with Gasteiger partial charge in [-0.25, -0.2) is 0 Å². The zero-order valence-corrected chi connectivity index (χ0v) is 8.32. The first-order valence-corrected chi connectivity index (χ1v) is 4.77. The van der Waals surface area contributed by atoms with Crippen molar-refractivity contribution in [1.82, 2.24) is 4.90 Å². The van der Waals surface area contributed by atoms with E-state index in [0.29, 0.717) is 6.04 Å². The normalized spacial score (nSPS) is 21.0. The topological polar surface area (TPSA) is 20.4 Å². The average Bonchev–Trinajstić information content (AvgIpc) is 2.69. The van der Waals surface area contributed by atoms with Gasteiger partial charge in [0.2, 0.25) is 12.3 Å². The second kappa shape index (κ2) is 4.45. The molecule has 0 aromatic rings. The number of rotatable bonds is 6. The van der Waals surface area contributed by atoms with Gasteiger partial charge >= 0.3 is 0 Å². The largest absolute Gasteiger partial charge is 0.440 e. The van der Waals surface area contributed by atoms with Crippen LogP contribution in [0.2, 0.25) is 0 Å². The van der Waals surface area contributed by atoms with Gasteiger partial charge < -0.3 is 5.43 Å². The predicted molar refractivity (Wildman–Crippen MR) is 51.8 cm³/mol. The van der Waals surface area contributed by atoms with Crippen molar-refractivity contribution in [2.24, 2.45) is 0 Å². The molecule has 3 heteroatoms. The highest BCUT2D eigenvalue weighted by Gasteiger charge is 2.30. The Balaban J connectivity index is 2.04. The molecule has 1 rings (SSSR count). The molecule has 1 atom stereocenters. The lowest BCUT2D eigenvalue weighted by molar-refractivity contribution is -0.418. The third kappa shape index (κ3) is 2.81. The molecule has 3 nitrogen and oxygen atoms in total. The summed E-state index contributed by atoms with van der Waals surface area (Å²) in [6.45, 7) is 7.48. The number of likely N-dealkylation sites (N-methyl/N-ethyl adjacent to an activating group) is 1. The molecule has 0 aromatic heterocycles. The van der Waals surface area contributed by atoms with Crippen molar-refractivity contribution in [3.8, 4) is 0 Å². The summed E-state index contributed by atoms with van der Waals surface area (Å²) in [4.78, 5) is 2.35. The Morgan fingerprint density at radius 2 is 2.25 bits per heavy atom. The van der Waals surface area contributed by atoms with Crippen LogP contribution in [-0.2, 0) is 0 Å². The first kappa shape index (κ1) is 9.52. The molecule has 0 radical (unpaired) electrons. The molecule has 0 N–H and O–H groups in total. The highest BCUT2D eigenvalue weighted by molar-refractivity contribution is 5.67. The molecule has 0 aromatic carbocycles. The summed E-state index contributed by atoms with van der Waals surface area (Å²) in [5.41, 5.74) is 4.28. The lowest BCUT2D eigenvalue weighted by atomic mass is 10.4. The number of nitrogens with zero attached hydrogens (tertiary/aromatic N) is 3. The van der Waals surface area contributed by atoms with Crippen LogP contribution in [0.15, 0.2) is 0 Å². The van der Waals surface area contributed by atoms with Gasteiger partial charge in [0.15, 0.2) is 0 Å². The van der Waals surface area contributed by atoms with E-state index in [9.17, 15) is 0 Å². The maximum Gasteiger partial charge on any atom is 0.236 e. The van der Waals surface area contributed by atoms with Gasteiger partial charge in [-0.05, 0) is 20.0 Å². The van der Waals surface area contributed by atoms with Gasteiger partial charge in [0, 0.05) is 0 Å². The molecule has 0 saturated carbocycles. The van der Waals surface area contributed by atoms with Gasteiger partial charge in [0.1, 0.15) is 0 Å². The van der Waals surface area contributed by atoms with E-state index in [0.717, 1.165) is 13.1 Å². The Labute approximate surface area is 75.0 Å². The van der Waals surface area contributed by atoms with Crippen molar-refractivity contribution >= 4 is 6.21 Å². The monoisotopic (exact) mass is 169 g/mol. The molecule has 1 aliphatic heterocycles. The van der Waals surface area contributed by atoms with E-state index in [-0.39, 0.29) is 0 Å². The van der Waals surface area contributed by atoms with Crippen LogP contribution in [0.3, 0.4) is 0 Å². The maximum atomic E-state index is 4.28. The van der Waals surface area contributed by atoms with E-state index in [2.05, 4.69) is 42.1 Å². The van der Waals surface area contributed by atoms with Crippen LogP contribution in [0.25, 0.3) is 5.43 Å². The minimum absolute atomic E-state index is 0.585. The van der Waals surface area contributed by atoms with Crippen LogP contribution in [0.4, 0.5) is 0 Å². The standard InChI is InChI=1S/C9H19N3/c1-4-6-11(3)7-9-8-12(9)10-5-2/h8-9H,4-7H2,1-3H3. The van der Waals surface area contributed by atoms with Gasteiger partial charge in [0.25, 0.3) is 0 Å². The second-order valence-corrected chi connectivity index (χ2v) is 3.32. The van der Waals surface area contributed by atoms with Crippen LogP contribution in [0.1, 0.15) is 20.3 Å². The van der Waals surface area contributed by atoms with E-state index >= 15 is 0 Å². The molecule has 0 aliphatic carbocycles. The zero-order valence-electron chi connectivity index (χ0n) is 8.32. The van der Waals surface area contributed by atoms with E-state index in [1.165, 1.54) is 13.0 Å². The fraction of sp³-hybridized carbons (Fsp3) is 0.889. The lowest BCUT2D eigenvalue weighted by Gasteiger charge is -2.14. The van der Waals surface area contributed by atoms with Gasteiger partial charge in [-0.2, -0.15) is 0 Å². The van der Waals surface area contributed by atoms with Crippen molar-refractivity contribution in [1.29, 1.82) is 0 Å². The van der Waals surface area contributed by atoms with Crippen molar-refractivity contribution in [2.75, 3.05) is 26.7 Å². The molecular weight excluding hydrogens is 150 g/mol. The molecule has 70 valence electrons. The van der Waals surface area contributed by atoms with Gasteiger partial charge in [-0.3, -0.25) is 9.58 Å². The predicted octanol–water partition coefficient (Wildman–Crippen LogP) is 1.10. The SMILES string of the molecule is CCCN(C)CC1C=[N+]1[N-]CC. The molecule has 1 heterocycles. The highest BCUT2D eigenvalue weighted by Crippen LogP contribution is 2.09. The second-order valence-electron chi connectivity index (χ2n) is 3.32. The fourth-order valence-corrected chi connectivity index (χ4v) is 1.38. The van der Waals surface area contributed by atoms with Crippen molar-refractivity contribution in [3.05, 3.63) is 5.43 Å². The smallest absolute Gasteiger partial charge is 0.236 e. The van der Waals surface area contributed by atoms with Gasteiger partial charge in [-0.1, -0.05) is 20.4 Å². The summed E-state index contributed by atoms with van der Waals surface area (Å²) in [6, 6.07) is 0.585. The third-order valence-electron chi connectivity index (χ3n) is 1.98. The van der Waals surface area contributed by atoms with Crippen molar-refractivity contribution in [3.63, 3.8) is 0 Å². The van der Waals surface area contributed by atoms with Crippen LogP contribution < -0.4 is 0 Å². The minimum Gasteiger partial charge on any atom is -0.440 e. The Morgan fingerprint density at radius 3 is 2.83 bits per heavy atom. The molecule has 0 saturated heterocycles. The van der Waals surface area contributed by atoms with Crippen molar-refractivity contribution in [2.45, 2.75) is 26.3 Å². The fourth-order valence-electron chi connectivity index (χ4n) is 1.38. The summed E-state index contributed by atoms with van der Waals surface area (Å²) in [5.74, 6) is 0. The summed E-state index contributed by atoms with van der Waals surface area (Å²) in [6.07, 6.45) is 3.41. The van der Waals surface area contributed by atoms with Gasteiger partial charge in [-0.15, -0.1) is 0 Å². The molecule has 1 unspecified atom stereocenters. The summed E-state index contributed by atoms with van der Waals surface area (Å²) in [7, 11) is 2.17. The molecule has 0 bridgehead atoms. The number of hydrogen-bond acceptors (Lipinski definition) is 1. The van der Waals surface area contributed by atoms with Crippen LogP contribution in [0, 0.1) is 0 Å². The molecule has 0 amide bonds. The molecule has 12 heavy (non-hydrogen) atoms. The number of hydrogen-bond donors (Lipinski definition) is 0. The minimum atomic E-state index is 0.585. The highest BCUT2D eigenvalue weighted by atomic mass is 15.5. The zero-order chi connectivity index (χ0) is 8.97. The summed E-state index contributed by atoms with van der Waals surface area (Å²) < 4.78 is 2.06. The molecule has 0 fully saturated rings. The van der Waals surface area contributed by atoms with E-state index in [4.69, 9.17) is 0 Å².